The van der Waals surface area contributed by atoms with Crippen LogP contribution in [0.4, 0.5) is 5.69 Å². The molecule has 0 spiro atoms. The zero-order chi connectivity index (χ0) is 21.0. The number of anilines is 1. The molecular formula is C22H22N2O5. The van der Waals surface area contributed by atoms with Crippen LogP contribution in [0.5, 0.6) is 11.5 Å². The maximum Gasteiger partial charge on any atom is 0.244 e. The number of amides is 2. The maximum atomic E-state index is 12.6. The highest BCUT2D eigenvalue weighted by atomic mass is 16.5. The first-order chi connectivity index (χ1) is 13.9. The molecule has 0 aromatic heterocycles. The van der Waals surface area contributed by atoms with Gasteiger partial charge in [0.1, 0.15) is 6.54 Å². The van der Waals surface area contributed by atoms with E-state index in [9.17, 15) is 14.4 Å². The molecule has 1 heterocycles. The molecule has 0 aliphatic carbocycles. The van der Waals surface area contributed by atoms with E-state index < -0.39 is 0 Å². The molecule has 29 heavy (non-hydrogen) atoms. The number of methoxy groups -OCH3 is 2. The number of rotatable bonds is 6. The van der Waals surface area contributed by atoms with Gasteiger partial charge < -0.3 is 19.7 Å². The lowest BCUT2D eigenvalue weighted by molar-refractivity contribution is -0.131. The van der Waals surface area contributed by atoms with E-state index in [-0.39, 0.29) is 30.6 Å². The number of nitrogens with one attached hydrogen (secondary N) is 1. The first-order valence-corrected chi connectivity index (χ1v) is 9.04. The SMILES string of the molecule is COc1cc2c(cc1OC)CC(=O)N(CC(=O)Nc1cccc(C(C)=O)c1)C=C2. The quantitative estimate of drug-likeness (QED) is 0.762. The van der Waals surface area contributed by atoms with E-state index in [2.05, 4.69) is 5.32 Å². The molecule has 150 valence electrons. The third-order valence-corrected chi connectivity index (χ3v) is 4.61. The van der Waals surface area contributed by atoms with Crippen LogP contribution in [0.15, 0.2) is 42.6 Å². The second-order valence-corrected chi connectivity index (χ2v) is 6.61. The van der Waals surface area contributed by atoms with Gasteiger partial charge in [0.15, 0.2) is 17.3 Å². The fourth-order valence-corrected chi connectivity index (χ4v) is 3.07. The zero-order valence-corrected chi connectivity index (χ0v) is 16.5. The number of hydrogen-bond donors (Lipinski definition) is 1. The Morgan fingerprint density at radius 1 is 1.10 bits per heavy atom. The summed E-state index contributed by atoms with van der Waals surface area (Å²) in [6.45, 7) is 1.32. The van der Waals surface area contributed by atoms with E-state index in [4.69, 9.17) is 9.47 Å². The molecule has 2 aromatic carbocycles. The van der Waals surface area contributed by atoms with E-state index in [0.29, 0.717) is 22.7 Å². The van der Waals surface area contributed by atoms with E-state index in [1.807, 2.05) is 0 Å². The van der Waals surface area contributed by atoms with Gasteiger partial charge in [0, 0.05) is 17.5 Å². The lowest BCUT2D eigenvalue weighted by Crippen LogP contribution is -2.34. The van der Waals surface area contributed by atoms with Crippen LogP contribution in [-0.2, 0) is 16.0 Å². The molecular weight excluding hydrogens is 372 g/mol. The van der Waals surface area contributed by atoms with Crippen molar-refractivity contribution in [2.24, 2.45) is 0 Å². The minimum absolute atomic E-state index is 0.0876. The van der Waals surface area contributed by atoms with Crippen molar-refractivity contribution in [2.45, 2.75) is 13.3 Å². The molecule has 0 radical (unpaired) electrons. The average molecular weight is 394 g/mol. The highest BCUT2D eigenvalue weighted by Crippen LogP contribution is 2.32. The van der Waals surface area contributed by atoms with Crippen LogP contribution in [0.25, 0.3) is 6.08 Å². The summed E-state index contributed by atoms with van der Waals surface area (Å²) in [5, 5.41) is 2.72. The highest BCUT2D eigenvalue weighted by molar-refractivity contribution is 5.98. The predicted molar refractivity (Wildman–Crippen MR) is 109 cm³/mol. The smallest absolute Gasteiger partial charge is 0.244 e. The minimum Gasteiger partial charge on any atom is -0.493 e. The summed E-state index contributed by atoms with van der Waals surface area (Å²) in [4.78, 5) is 37.9. The number of Topliss-reactive ketones (excluding diaryl/α,β-unsaturated/α-hetero) is 1. The Morgan fingerprint density at radius 2 is 1.83 bits per heavy atom. The summed E-state index contributed by atoms with van der Waals surface area (Å²) in [6, 6.07) is 10.2. The lowest BCUT2D eigenvalue weighted by atomic mass is 10.0. The van der Waals surface area contributed by atoms with Gasteiger partial charge in [-0.3, -0.25) is 14.4 Å². The minimum atomic E-state index is -0.357. The Balaban J connectivity index is 1.73. The highest BCUT2D eigenvalue weighted by Gasteiger charge is 2.21. The van der Waals surface area contributed by atoms with E-state index in [1.54, 1.807) is 55.8 Å². The van der Waals surface area contributed by atoms with Gasteiger partial charge in [-0.2, -0.15) is 0 Å². The summed E-state index contributed by atoms with van der Waals surface area (Å²) < 4.78 is 10.6. The first kappa shape index (κ1) is 20.1. The topological polar surface area (TPSA) is 84.9 Å². The predicted octanol–water partition coefficient (Wildman–Crippen LogP) is 2.90. The van der Waals surface area contributed by atoms with Crippen molar-refractivity contribution in [1.29, 1.82) is 0 Å². The molecule has 2 amide bonds. The molecule has 0 bridgehead atoms. The first-order valence-electron chi connectivity index (χ1n) is 9.04. The van der Waals surface area contributed by atoms with Crippen LogP contribution in [0.2, 0.25) is 0 Å². The number of ether oxygens (including phenoxy) is 2. The number of carbonyl (C=O) groups is 3. The molecule has 0 unspecified atom stereocenters. The van der Waals surface area contributed by atoms with Gasteiger partial charge in [-0.15, -0.1) is 0 Å². The van der Waals surface area contributed by atoms with E-state index in [0.717, 1.165) is 11.1 Å². The van der Waals surface area contributed by atoms with Crippen molar-refractivity contribution in [2.75, 3.05) is 26.1 Å². The van der Waals surface area contributed by atoms with Crippen molar-refractivity contribution < 1.29 is 23.9 Å². The van der Waals surface area contributed by atoms with Crippen molar-refractivity contribution in [3.8, 4) is 11.5 Å². The van der Waals surface area contributed by atoms with Crippen LogP contribution >= 0.6 is 0 Å². The van der Waals surface area contributed by atoms with Gasteiger partial charge in [-0.1, -0.05) is 12.1 Å². The van der Waals surface area contributed by atoms with Gasteiger partial charge >= 0.3 is 0 Å². The number of hydrogen-bond acceptors (Lipinski definition) is 5. The molecule has 3 rings (SSSR count). The zero-order valence-electron chi connectivity index (χ0n) is 16.5. The fourth-order valence-electron chi connectivity index (χ4n) is 3.07. The lowest BCUT2D eigenvalue weighted by Gasteiger charge is -2.17. The Labute approximate surface area is 168 Å². The number of ketones is 1. The molecule has 0 fully saturated rings. The monoisotopic (exact) mass is 394 g/mol. The van der Waals surface area contributed by atoms with Gasteiger partial charge in [-0.25, -0.2) is 0 Å². The van der Waals surface area contributed by atoms with Crippen molar-refractivity contribution in [3.63, 3.8) is 0 Å². The number of benzene rings is 2. The summed E-state index contributed by atoms with van der Waals surface area (Å²) >= 11 is 0. The number of nitrogens with zero attached hydrogens (tertiary/aromatic N) is 1. The normalized spacial score (nSPS) is 12.8. The number of fused-ring (bicyclic) bond motifs is 1. The summed E-state index contributed by atoms with van der Waals surface area (Å²) in [7, 11) is 3.09. The molecule has 1 aliphatic rings. The van der Waals surface area contributed by atoms with Gasteiger partial charge in [0.25, 0.3) is 0 Å². The van der Waals surface area contributed by atoms with Gasteiger partial charge in [0.05, 0.1) is 20.6 Å². The summed E-state index contributed by atoms with van der Waals surface area (Å²) in [5.41, 5.74) is 2.63. The Kier molecular flexibility index (Phi) is 5.97. The van der Waals surface area contributed by atoms with Crippen LogP contribution < -0.4 is 14.8 Å². The molecule has 0 atom stereocenters. The molecule has 1 aliphatic heterocycles. The molecule has 0 saturated carbocycles. The van der Waals surface area contributed by atoms with Crippen molar-refractivity contribution >= 4 is 29.4 Å². The molecule has 2 aromatic rings. The Morgan fingerprint density at radius 3 is 2.52 bits per heavy atom. The maximum absolute atomic E-state index is 12.6. The van der Waals surface area contributed by atoms with E-state index >= 15 is 0 Å². The summed E-state index contributed by atoms with van der Waals surface area (Å²) in [6.07, 6.45) is 3.49. The standard InChI is InChI=1S/C22H22N2O5/c1-14(25)15-5-4-6-18(9-15)23-21(26)13-24-8-7-16-10-19(28-2)20(29-3)11-17(16)12-22(24)27/h4-11H,12-13H2,1-3H3,(H,23,26). The van der Waals surface area contributed by atoms with Crippen LogP contribution in [0.1, 0.15) is 28.4 Å². The third-order valence-electron chi connectivity index (χ3n) is 4.61. The average Bonchev–Trinajstić information content (AvgIpc) is 2.85. The van der Waals surface area contributed by atoms with Crippen LogP contribution in [-0.4, -0.2) is 43.3 Å². The Bertz CT molecular complexity index is 997. The molecule has 7 heteroatoms. The second kappa shape index (κ2) is 8.60. The van der Waals surface area contributed by atoms with E-state index in [1.165, 1.54) is 18.9 Å². The molecule has 7 nitrogen and oxygen atoms in total. The molecule has 0 saturated heterocycles. The van der Waals surface area contributed by atoms with Crippen molar-refractivity contribution in [1.82, 2.24) is 4.90 Å². The van der Waals surface area contributed by atoms with Crippen LogP contribution in [0.3, 0.4) is 0 Å². The fraction of sp³-hybridized carbons (Fsp3) is 0.227. The van der Waals surface area contributed by atoms with Gasteiger partial charge in [0.2, 0.25) is 11.8 Å². The van der Waals surface area contributed by atoms with Gasteiger partial charge in [-0.05, 0) is 48.4 Å². The van der Waals surface area contributed by atoms with Crippen molar-refractivity contribution in [3.05, 3.63) is 59.3 Å². The largest absolute Gasteiger partial charge is 0.493 e. The third kappa shape index (κ3) is 4.63. The second-order valence-electron chi connectivity index (χ2n) is 6.61. The Hall–Kier alpha value is -3.61. The summed E-state index contributed by atoms with van der Waals surface area (Å²) in [5.74, 6) is 0.462. The molecule has 1 N–H and O–H groups in total. The van der Waals surface area contributed by atoms with Crippen LogP contribution in [0, 0.1) is 0 Å². The number of carbonyl (C=O) groups excluding carboxylic acids is 3.